The molecule has 1 aromatic heterocycles. The fourth-order valence-electron chi connectivity index (χ4n) is 1.69. The summed E-state index contributed by atoms with van der Waals surface area (Å²) in [6, 6.07) is 0.584. The molecule has 0 radical (unpaired) electrons. The number of hydrogen-bond donors (Lipinski definition) is 0. The van der Waals surface area contributed by atoms with E-state index in [1.807, 2.05) is 11.6 Å². The molecule has 2 unspecified atom stereocenters. The molecule has 0 aliphatic carbocycles. The Hall–Kier alpha value is -0.280. The van der Waals surface area contributed by atoms with E-state index in [0.29, 0.717) is 11.4 Å². The summed E-state index contributed by atoms with van der Waals surface area (Å²) in [4.78, 5) is 6.62. The smallest absolute Gasteiger partial charge is 0.185 e. The lowest BCUT2D eigenvalue weighted by atomic mass is 10.0. The second-order valence-electron chi connectivity index (χ2n) is 3.49. The van der Waals surface area contributed by atoms with Gasteiger partial charge >= 0.3 is 0 Å². The lowest BCUT2D eigenvalue weighted by Gasteiger charge is -2.35. The van der Waals surface area contributed by atoms with Gasteiger partial charge in [0.2, 0.25) is 0 Å². The van der Waals surface area contributed by atoms with E-state index in [2.05, 4.69) is 16.8 Å². The third-order valence-corrected chi connectivity index (χ3v) is 3.65. The van der Waals surface area contributed by atoms with Crippen molar-refractivity contribution in [2.75, 3.05) is 11.4 Å². The summed E-state index contributed by atoms with van der Waals surface area (Å²) in [7, 11) is 0. The predicted octanol–water partition coefficient (Wildman–Crippen LogP) is 2.74. The maximum absolute atomic E-state index is 6.13. The highest BCUT2D eigenvalue weighted by atomic mass is 35.5. The Labute approximate surface area is 87.5 Å². The topological polar surface area (TPSA) is 16.1 Å². The maximum Gasteiger partial charge on any atom is 0.185 e. The van der Waals surface area contributed by atoms with Gasteiger partial charge in [0.1, 0.15) is 0 Å². The second kappa shape index (κ2) is 3.84. The Bertz CT molecular complexity index is 263. The van der Waals surface area contributed by atoms with Crippen molar-refractivity contribution >= 4 is 28.1 Å². The molecule has 0 saturated carbocycles. The SMILES string of the molecule is CC1CCC(Cl)CN1c1nccs1. The zero-order valence-corrected chi connectivity index (χ0v) is 9.18. The molecule has 1 saturated heterocycles. The van der Waals surface area contributed by atoms with E-state index in [1.54, 1.807) is 11.3 Å². The van der Waals surface area contributed by atoms with Crippen LogP contribution in [0.5, 0.6) is 0 Å². The lowest BCUT2D eigenvalue weighted by Crippen LogP contribution is -2.42. The number of anilines is 1. The van der Waals surface area contributed by atoms with E-state index in [4.69, 9.17) is 11.6 Å². The molecule has 0 N–H and O–H groups in total. The van der Waals surface area contributed by atoms with Crippen molar-refractivity contribution in [2.45, 2.75) is 31.2 Å². The zero-order chi connectivity index (χ0) is 9.26. The minimum atomic E-state index is 0.292. The molecule has 1 aliphatic heterocycles. The summed E-state index contributed by atoms with van der Waals surface area (Å²) in [6.07, 6.45) is 4.16. The Morgan fingerprint density at radius 1 is 1.62 bits per heavy atom. The van der Waals surface area contributed by atoms with Crippen LogP contribution in [0.1, 0.15) is 19.8 Å². The second-order valence-corrected chi connectivity index (χ2v) is 4.98. The van der Waals surface area contributed by atoms with Gasteiger partial charge in [-0.15, -0.1) is 22.9 Å². The van der Waals surface area contributed by atoms with E-state index in [0.717, 1.165) is 18.1 Å². The number of rotatable bonds is 1. The largest absolute Gasteiger partial charge is 0.344 e. The summed E-state index contributed by atoms with van der Waals surface area (Å²) >= 11 is 7.82. The van der Waals surface area contributed by atoms with Gasteiger partial charge in [-0.1, -0.05) is 0 Å². The monoisotopic (exact) mass is 216 g/mol. The standard InChI is InChI=1S/C9H13ClN2S/c1-7-2-3-8(10)6-12(7)9-11-4-5-13-9/h4-5,7-8H,2-3,6H2,1H3. The number of thiazole rings is 1. The first-order valence-corrected chi connectivity index (χ1v) is 5.89. The number of aromatic nitrogens is 1. The maximum atomic E-state index is 6.13. The molecule has 0 amide bonds. The van der Waals surface area contributed by atoms with Gasteiger partial charge in [-0.3, -0.25) is 0 Å². The van der Waals surface area contributed by atoms with E-state index in [9.17, 15) is 0 Å². The zero-order valence-electron chi connectivity index (χ0n) is 7.61. The molecule has 72 valence electrons. The molecular weight excluding hydrogens is 204 g/mol. The quantitative estimate of drug-likeness (QED) is 0.672. The Morgan fingerprint density at radius 2 is 2.46 bits per heavy atom. The van der Waals surface area contributed by atoms with Gasteiger partial charge in [-0.2, -0.15) is 0 Å². The first-order valence-electron chi connectivity index (χ1n) is 4.57. The molecule has 0 bridgehead atoms. The van der Waals surface area contributed by atoms with Crippen LogP contribution in [0.4, 0.5) is 5.13 Å². The highest BCUT2D eigenvalue weighted by Gasteiger charge is 2.25. The highest BCUT2D eigenvalue weighted by Crippen LogP contribution is 2.27. The molecule has 13 heavy (non-hydrogen) atoms. The van der Waals surface area contributed by atoms with E-state index >= 15 is 0 Å². The molecule has 0 aromatic carbocycles. The summed E-state index contributed by atoms with van der Waals surface area (Å²) in [5, 5.41) is 3.41. The summed E-state index contributed by atoms with van der Waals surface area (Å²) in [6.45, 7) is 3.18. The van der Waals surface area contributed by atoms with E-state index in [1.165, 1.54) is 6.42 Å². The van der Waals surface area contributed by atoms with Crippen LogP contribution in [0.25, 0.3) is 0 Å². The van der Waals surface area contributed by atoms with Crippen molar-refractivity contribution in [3.8, 4) is 0 Å². The molecule has 1 fully saturated rings. The molecule has 0 spiro atoms. The fraction of sp³-hybridized carbons (Fsp3) is 0.667. The van der Waals surface area contributed by atoms with Crippen LogP contribution >= 0.6 is 22.9 Å². The first-order chi connectivity index (χ1) is 6.27. The average Bonchev–Trinajstić information content (AvgIpc) is 2.61. The molecule has 2 nitrogen and oxygen atoms in total. The van der Waals surface area contributed by atoms with Crippen LogP contribution in [0.3, 0.4) is 0 Å². The van der Waals surface area contributed by atoms with Crippen molar-refractivity contribution in [3.05, 3.63) is 11.6 Å². The average molecular weight is 217 g/mol. The van der Waals surface area contributed by atoms with Crippen LogP contribution in [-0.4, -0.2) is 22.9 Å². The molecule has 1 aromatic rings. The van der Waals surface area contributed by atoms with Gasteiger partial charge in [0.25, 0.3) is 0 Å². The fourth-order valence-corrected chi connectivity index (χ4v) is 2.72. The molecule has 2 atom stereocenters. The third-order valence-electron chi connectivity index (χ3n) is 2.49. The molecule has 2 rings (SSSR count). The first kappa shape index (κ1) is 9.28. The normalized spacial score (nSPS) is 29.2. The van der Waals surface area contributed by atoms with Crippen molar-refractivity contribution in [1.29, 1.82) is 0 Å². The number of alkyl halides is 1. The number of nitrogens with zero attached hydrogens (tertiary/aromatic N) is 2. The van der Waals surface area contributed by atoms with Gasteiger partial charge in [0.05, 0.1) is 5.38 Å². The minimum Gasteiger partial charge on any atom is -0.344 e. The van der Waals surface area contributed by atoms with Crippen LogP contribution < -0.4 is 4.90 Å². The summed E-state index contributed by atoms with van der Waals surface area (Å²) in [5.74, 6) is 0. The van der Waals surface area contributed by atoms with Gasteiger partial charge in [-0.05, 0) is 19.8 Å². The summed E-state index contributed by atoms with van der Waals surface area (Å²) in [5.41, 5.74) is 0. The van der Waals surface area contributed by atoms with Crippen molar-refractivity contribution < 1.29 is 0 Å². The number of hydrogen-bond acceptors (Lipinski definition) is 3. The Kier molecular flexibility index (Phi) is 2.74. The van der Waals surface area contributed by atoms with Crippen molar-refractivity contribution in [3.63, 3.8) is 0 Å². The van der Waals surface area contributed by atoms with E-state index < -0.39 is 0 Å². The van der Waals surface area contributed by atoms with Gasteiger partial charge in [-0.25, -0.2) is 4.98 Å². The molecular formula is C9H13ClN2S. The molecule has 1 aliphatic rings. The van der Waals surface area contributed by atoms with Crippen LogP contribution in [0.15, 0.2) is 11.6 Å². The minimum absolute atomic E-state index is 0.292. The van der Waals surface area contributed by atoms with Gasteiger partial charge in [0, 0.05) is 24.2 Å². The van der Waals surface area contributed by atoms with Crippen LogP contribution in [0, 0.1) is 0 Å². The highest BCUT2D eigenvalue weighted by molar-refractivity contribution is 7.13. The molecule has 2 heterocycles. The molecule has 4 heteroatoms. The number of piperidine rings is 1. The predicted molar refractivity (Wildman–Crippen MR) is 57.8 cm³/mol. The van der Waals surface area contributed by atoms with Gasteiger partial charge in [0.15, 0.2) is 5.13 Å². The Balaban J connectivity index is 2.12. The van der Waals surface area contributed by atoms with Crippen LogP contribution in [0.2, 0.25) is 0 Å². The lowest BCUT2D eigenvalue weighted by molar-refractivity contribution is 0.489. The number of halogens is 1. The Morgan fingerprint density at radius 3 is 3.15 bits per heavy atom. The summed E-state index contributed by atoms with van der Waals surface area (Å²) < 4.78 is 0. The van der Waals surface area contributed by atoms with Gasteiger partial charge < -0.3 is 4.90 Å². The van der Waals surface area contributed by atoms with Crippen molar-refractivity contribution in [1.82, 2.24) is 4.98 Å². The van der Waals surface area contributed by atoms with E-state index in [-0.39, 0.29) is 0 Å². The van der Waals surface area contributed by atoms with Crippen molar-refractivity contribution in [2.24, 2.45) is 0 Å². The van der Waals surface area contributed by atoms with Crippen LogP contribution in [-0.2, 0) is 0 Å². The third kappa shape index (κ3) is 1.97.